The van der Waals surface area contributed by atoms with Crippen LogP contribution in [0.1, 0.15) is 18.7 Å². The van der Waals surface area contributed by atoms with E-state index in [0.29, 0.717) is 11.3 Å². The molecule has 0 aliphatic carbocycles. The Hall–Kier alpha value is -1.92. The zero-order chi connectivity index (χ0) is 12.7. The van der Waals surface area contributed by atoms with E-state index in [1.807, 2.05) is 30.5 Å². The van der Waals surface area contributed by atoms with Crippen molar-refractivity contribution in [3.05, 3.63) is 45.7 Å². The van der Waals surface area contributed by atoms with Crippen LogP contribution >= 0.6 is 11.3 Å². The van der Waals surface area contributed by atoms with E-state index in [4.69, 9.17) is 5.73 Å². The summed E-state index contributed by atoms with van der Waals surface area (Å²) in [7, 11) is 0. The number of rotatable bonds is 2. The molecule has 0 aliphatic rings. The van der Waals surface area contributed by atoms with Gasteiger partial charge in [0.1, 0.15) is 0 Å². The summed E-state index contributed by atoms with van der Waals surface area (Å²) in [5, 5.41) is 5.03. The molecule has 3 aromatic heterocycles. The summed E-state index contributed by atoms with van der Waals surface area (Å²) in [4.78, 5) is 17.4. The van der Waals surface area contributed by atoms with Gasteiger partial charge in [0, 0.05) is 18.2 Å². The minimum absolute atomic E-state index is 0.143. The van der Waals surface area contributed by atoms with Gasteiger partial charge in [0.25, 0.3) is 5.56 Å². The number of aromatic amines is 1. The lowest BCUT2D eigenvalue weighted by Gasteiger charge is -2.03. The van der Waals surface area contributed by atoms with Crippen LogP contribution in [-0.2, 0) is 0 Å². The molecule has 5 nitrogen and oxygen atoms in total. The molecule has 0 bridgehead atoms. The second kappa shape index (κ2) is 4.08. The number of nitrogens with zero attached hydrogens (tertiary/aromatic N) is 2. The summed E-state index contributed by atoms with van der Waals surface area (Å²) < 4.78 is 1.43. The molecule has 0 saturated carbocycles. The van der Waals surface area contributed by atoms with Crippen molar-refractivity contribution >= 4 is 17.0 Å². The first-order valence-electron chi connectivity index (χ1n) is 5.57. The van der Waals surface area contributed by atoms with E-state index in [2.05, 4.69) is 10.1 Å². The van der Waals surface area contributed by atoms with Gasteiger partial charge < -0.3 is 5.73 Å². The van der Waals surface area contributed by atoms with E-state index < -0.39 is 0 Å². The number of fused-ring (bicyclic) bond motifs is 1. The van der Waals surface area contributed by atoms with Gasteiger partial charge >= 0.3 is 0 Å². The van der Waals surface area contributed by atoms with E-state index in [1.54, 1.807) is 11.3 Å². The number of aromatic nitrogens is 3. The number of nitrogens with two attached hydrogens (primary N) is 1. The Bertz CT molecular complexity index is 739. The second-order valence-corrected chi connectivity index (χ2v) is 5.10. The number of hydrogen-bond donors (Lipinski definition) is 2. The maximum absolute atomic E-state index is 11.9. The van der Waals surface area contributed by atoms with Gasteiger partial charge in [-0.2, -0.15) is 0 Å². The quantitative estimate of drug-likeness (QED) is 0.737. The predicted molar refractivity (Wildman–Crippen MR) is 71.7 cm³/mol. The molecule has 0 aliphatic heterocycles. The van der Waals surface area contributed by atoms with Gasteiger partial charge in [-0.25, -0.2) is 9.50 Å². The summed E-state index contributed by atoms with van der Waals surface area (Å²) in [5.41, 5.74) is 7.70. The first kappa shape index (κ1) is 11.2. The average molecular weight is 260 g/mol. The second-order valence-electron chi connectivity index (χ2n) is 4.15. The molecule has 0 fully saturated rings. The molecule has 0 unspecified atom stereocenters. The van der Waals surface area contributed by atoms with Crippen molar-refractivity contribution in [2.75, 3.05) is 0 Å². The van der Waals surface area contributed by atoms with Crippen molar-refractivity contribution in [3.63, 3.8) is 0 Å². The maximum atomic E-state index is 11.9. The average Bonchev–Trinajstić information content (AvgIpc) is 2.96. The normalized spacial score (nSPS) is 13.0. The lowest BCUT2D eigenvalue weighted by atomic mass is 10.2. The Morgan fingerprint density at radius 2 is 2.33 bits per heavy atom. The topological polar surface area (TPSA) is 76.2 Å². The standard InChI is InChI=1S/C12H12N4OS/c1-7(13)8-6-12(17)16-11(14-8)5-9(15-16)10-3-2-4-18-10/h2-7,15H,13H2,1H3/t7-/m1/s1. The monoisotopic (exact) mass is 260 g/mol. The number of nitrogens with one attached hydrogen (secondary N) is 1. The van der Waals surface area contributed by atoms with Gasteiger partial charge in [-0.05, 0) is 18.4 Å². The van der Waals surface area contributed by atoms with Crippen LogP contribution in [-0.4, -0.2) is 14.6 Å². The van der Waals surface area contributed by atoms with Crippen molar-refractivity contribution in [1.29, 1.82) is 0 Å². The van der Waals surface area contributed by atoms with Gasteiger partial charge in [-0.1, -0.05) is 6.07 Å². The Morgan fingerprint density at radius 1 is 1.50 bits per heavy atom. The van der Waals surface area contributed by atoms with Crippen molar-refractivity contribution in [1.82, 2.24) is 14.6 Å². The summed E-state index contributed by atoms with van der Waals surface area (Å²) >= 11 is 1.61. The van der Waals surface area contributed by atoms with Gasteiger partial charge in [-0.3, -0.25) is 9.89 Å². The molecule has 3 N–H and O–H groups in total. The zero-order valence-electron chi connectivity index (χ0n) is 9.75. The van der Waals surface area contributed by atoms with Crippen molar-refractivity contribution < 1.29 is 0 Å². The van der Waals surface area contributed by atoms with Crippen LogP contribution in [0.2, 0.25) is 0 Å². The van der Waals surface area contributed by atoms with Crippen LogP contribution in [0, 0.1) is 0 Å². The highest BCUT2D eigenvalue weighted by Crippen LogP contribution is 2.23. The van der Waals surface area contributed by atoms with E-state index in [-0.39, 0.29) is 11.6 Å². The van der Waals surface area contributed by atoms with E-state index >= 15 is 0 Å². The van der Waals surface area contributed by atoms with Crippen LogP contribution < -0.4 is 11.3 Å². The highest BCUT2D eigenvalue weighted by Gasteiger charge is 2.10. The highest BCUT2D eigenvalue weighted by molar-refractivity contribution is 7.13. The molecule has 18 heavy (non-hydrogen) atoms. The molecule has 1 atom stereocenters. The van der Waals surface area contributed by atoms with Crippen molar-refractivity contribution in [2.24, 2.45) is 5.73 Å². The van der Waals surface area contributed by atoms with Gasteiger partial charge in [-0.15, -0.1) is 11.3 Å². The number of hydrogen-bond acceptors (Lipinski definition) is 4. The molecule has 6 heteroatoms. The Kier molecular flexibility index (Phi) is 2.53. The number of thiophene rings is 1. The summed E-state index contributed by atoms with van der Waals surface area (Å²) in [6.07, 6.45) is 0. The van der Waals surface area contributed by atoms with Crippen molar-refractivity contribution in [3.8, 4) is 10.6 Å². The highest BCUT2D eigenvalue weighted by atomic mass is 32.1. The molecular formula is C12H12N4OS. The zero-order valence-corrected chi connectivity index (χ0v) is 10.6. The van der Waals surface area contributed by atoms with Crippen LogP contribution in [0.5, 0.6) is 0 Å². The molecule has 0 radical (unpaired) electrons. The molecule has 0 aromatic carbocycles. The summed E-state index contributed by atoms with van der Waals surface area (Å²) in [5.74, 6) is 0. The molecule has 3 aromatic rings. The predicted octanol–water partition coefficient (Wildman–Crippen LogP) is 1.77. The van der Waals surface area contributed by atoms with Crippen LogP contribution in [0.4, 0.5) is 0 Å². The SMILES string of the molecule is C[C@@H](N)c1cc(=O)n2[nH]c(-c3cccs3)cc2n1. The third-order valence-corrected chi connectivity index (χ3v) is 3.63. The third kappa shape index (κ3) is 1.75. The summed E-state index contributed by atoms with van der Waals surface area (Å²) in [6, 6.07) is 7.04. The van der Waals surface area contributed by atoms with Gasteiger partial charge in [0.2, 0.25) is 0 Å². The van der Waals surface area contributed by atoms with Crippen molar-refractivity contribution in [2.45, 2.75) is 13.0 Å². The lowest BCUT2D eigenvalue weighted by Crippen LogP contribution is -2.18. The van der Waals surface area contributed by atoms with E-state index in [9.17, 15) is 4.79 Å². The number of H-pyrrole nitrogens is 1. The molecular weight excluding hydrogens is 248 g/mol. The Labute approximate surface area is 107 Å². The molecule has 92 valence electrons. The van der Waals surface area contributed by atoms with Gasteiger partial charge in [0.15, 0.2) is 5.65 Å². The molecule has 3 heterocycles. The first-order chi connectivity index (χ1) is 8.65. The third-order valence-electron chi connectivity index (χ3n) is 2.72. The summed E-state index contributed by atoms with van der Waals surface area (Å²) in [6.45, 7) is 1.81. The Balaban J connectivity index is 2.23. The molecule has 0 saturated heterocycles. The first-order valence-corrected chi connectivity index (χ1v) is 6.45. The van der Waals surface area contributed by atoms with E-state index in [0.717, 1.165) is 10.6 Å². The minimum atomic E-state index is -0.247. The fourth-order valence-corrected chi connectivity index (χ4v) is 2.49. The Morgan fingerprint density at radius 3 is 3.00 bits per heavy atom. The van der Waals surface area contributed by atoms with Crippen LogP contribution in [0.15, 0.2) is 34.4 Å². The fraction of sp³-hybridized carbons (Fsp3) is 0.167. The maximum Gasteiger partial charge on any atom is 0.272 e. The van der Waals surface area contributed by atoms with Crippen LogP contribution in [0.25, 0.3) is 16.2 Å². The molecule has 0 amide bonds. The van der Waals surface area contributed by atoms with Crippen LogP contribution in [0.3, 0.4) is 0 Å². The largest absolute Gasteiger partial charge is 0.323 e. The molecule has 3 rings (SSSR count). The minimum Gasteiger partial charge on any atom is -0.323 e. The fourth-order valence-electron chi connectivity index (χ4n) is 1.80. The lowest BCUT2D eigenvalue weighted by molar-refractivity contribution is 0.765. The smallest absolute Gasteiger partial charge is 0.272 e. The molecule has 0 spiro atoms. The van der Waals surface area contributed by atoms with Gasteiger partial charge in [0.05, 0.1) is 16.3 Å². The van der Waals surface area contributed by atoms with E-state index in [1.165, 1.54) is 10.6 Å².